The lowest BCUT2D eigenvalue weighted by atomic mass is 10.1. The Balaban J connectivity index is 1.59. The van der Waals surface area contributed by atoms with E-state index < -0.39 is 15.9 Å². The zero-order valence-electron chi connectivity index (χ0n) is 14.0. The lowest BCUT2D eigenvalue weighted by Crippen LogP contribution is -2.30. The molecule has 2 heterocycles. The van der Waals surface area contributed by atoms with Crippen LogP contribution in [0.4, 0.5) is 0 Å². The maximum absolute atomic E-state index is 12.4. The van der Waals surface area contributed by atoms with E-state index >= 15 is 0 Å². The first-order valence-corrected chi connectivity index (χ1v) is 9.29. The SMILES string of the molecule is COc1cccc(-c2cc(C(=O)NC3=NS(=O)(=O)c4ccccc43)on2)c1. The van der Waals surface area contributed by atoms with Gasteiger partial charge in [0.25, 0.3) is 15.9 Å². The summed E-state index contributed by atoms with van der Waals surface area (Å²) >= 11 is 0. The largest absolute Gasteiger partial charge is 0.497 e. The second-order valence-electron chi connectivity index (χ2n) is 5.67. The van der Waals surface area contributed by atoms with Gasteiger partial charge in [-0.25, -0.2) is 0 Å². The normalized spacial score (nSPS) is 14.3. The number of carbonyl (C=O) groups is 1. The van der Waals surface area contributed by atoms with E-state index in [0.717, 1.165) is 0 Å². The van der Waals surface area contributed by atoms with Gasteiger partial charge in [-0.2, -0.15) is 8.42 Å². The average Bonchev–Trinajstić information content (AvgIpc) is 3.26. The summed E-state index contributed by atoms with van der Waals surface area (Å²) in [6.07, 6.45) is 0. The molecule has 2 aromatic carbocycles. The van der Waals surface area contributed by atoms with Gasteiger partial charge in [-0.15, -0.1) is 4.40 Å². The van der Waals surface area contributed by atoms with Crippen LogP contribution in [-0.4, -0.2) is 32.4 Å². The van der Waals surface area contributed by atoms with E-state index in [9.17, 15) is 13.2 Å². The Hall–Kier alpha value is -3.46. The first-order chi connectivity index (χ1) is 13.0. The van der Waals surface area contributed by atoms with Crippen LogP contribution < -0.4 is 10.1 Å². The molecule has 136 valence electrons. The van der Waals surface area contributed by atoms with Crippen molar-refractivity contribution in [3.63, 3.8) is 0 Å². The van der Waals surface area contributed by atoms with Crippen LogP contribution in [0.25, 0.3) is 11.3 Å². The standard InChI is InChI=1S/C18H13N3O5S/c1-25-12-6-4-5-11(9-12)14-10-15(26-20-14)18(22)19-17-13-7-2-3-8-16(13)27(23,24)21-17/h2-10H,1H3,(H,19,21,22). The summed E-state index contributed by atoms with van der Waals surface area (Å²) in [7, 11) is -2.26. The Bertz CT molecular complexity index is 1180. The van der Waals surface area contributed by atoms with E-state index in [1.165, 1.54) is 12.1 Å². The fourth-order valence-electron chi connectivity index (χ4n) is 2.67. The smallest absolute Gasteiger partial charge is 0.295 e. The Morgan fingerprint density at radius 2 is 1.93 bits per heavy atom. The number of sulfonamides is 1. The van der Waals surface area contributed by atoms with Crippen molar-refractivity contribution < 1.29 is 22.5 Å². The molecule has 1 aliphatic heterocycles. The summed E-state index contributed by atoms with van der Waals surface area (Å²) in [4.78, 5) is 12.5. The van der Waals surface area contributed by atoms with Crippen molar-refractivity contribution in [2.75, 3.05) is 7.11 Å². The van der Waals surface area contributed by atoms with Gasteiger partial charge in [0.2, 0.25) is 5.76 Å². The molecule has 1 N–H and O–H groups in total. The number of nitrogens with one attached hydrogen (secondary N) is 1. The molecule has 8 nitrogen and oxygen atoms in total. The summed E-state index contributed by atoms with van der Waals surface area (Å²) < 4.78 is 38.0. The summed E-state index contributed by atoms with van der Waals surface area (Å²) in [5.74, 6) is -0.127. The Morgan fingerprint density at radius 1 is 1.11 bits per heavy atom. The van der Waals surface area contributed by atoms with Crippen molar-refractivity contribution in [1.29, 1.82) is 0 Å². The number of nitrogens with zero attached hydrogens (tertiary/aromatic N) is 2. The van der Waals surface area contributed by atoms with Crippen molar-refractivity contribution >= 4 is 21.8 Å². The molecule has 0 radical (unpaired) electrons. The molecule has 1 amide bonds. The third-order valence-corrected chi connectivity index (χ3v) is 5.30. The first-order valence-electron chi connectivity index (χ1n) is 7.85. The van der Waals surface area contributed by atoms with Crippen LogP contribution in [0, 0.1) is 0 Å². The number of aromatic nitrogens is 1. The fraction of sp³-hybridized carbons (Fsp3) is 0.0556. The van der Waals surface area contributed by atoms with Crippen molar-refractivity contribution in [3.8, 4) is 17.0 Å². The van der Waals surface area contributed by atoms with Crippen LogP contribution >= 0.6 is 0 Å². The van der Waals surface area contributed by atoms with Crippen LogP contribution in [0.1, 0.15) is 16.1 Å². The third kappa shape index (κ3) is 3.08. The maximum Gasteiger partial charge on any atom is 0.295 e. The van der Waals surface area contributed by atoms with Gasteiger partial charge in [0.15, 0.2) is 5.84 Å². The molecule has 9 heteroatoms. The van der Waals surface area contributed by atoms with Gasteiger partial charge >= 0.3 is 0 Å². The van der Waals surface area contributed by atoms with Crippen molar-refractivity contribution in [2.45, 2.75) is 4.90 Å². The Labute approximate surface area is 154 Å². The highest BCUT2D eigenvalue weighted by Gasteiger charge is 2.30. The second-order valence-corrected chi connectivity index (χ2v) is 7.25. The lowest BCUT2D eigenvalue weighted by molar-refractivity contribution is 0.0941. The van der Waals surface area contributed by atoms with Gasteiger partial charge in [-0.3, -0.25) is 4.79 Å². The molecular formula is C18H13N3O5S. The molecule has 27 heavy (non-hydrogen) atoms. The number of fused-ring (bicyclic) bond motifs is 1. The van der Waals surface area contributed by atoms with Gasteiger partial charge in [0, 0.05) is 17.2 Å². The van der Waals surface area contributed by atoms with Crippen LogP contribution in [0.3, 0.4) is 0 Å². The van der Waals surface area contributed by atoms with Crippen LogP contribution in [0.5, 0.6) is 5.75 Å². The lowest BCUT2D eigenvalue weighted by Gasteiger charge is -2.02. The van der Waals surface area contributed by atoms with Gasteiger partial charge in [0.05, 0.1) is 7.11 Å². The van der Waals surface area contributed by atoms with E-state index in [1.54, 1.807) is 49.6 Å². The minimum Gasteiger partial charge on any atom is -0.497 e. The molecule has 0 aliphatic carbocycles. The fourth-order valence-corrected chi connectivity index (χ4v) is 3.84. The maximum atomic E-state index is 12.4. The van der Waals surface area contributed by atoms with Gasteiger partial charge in [0.1, 0.15) is 16.3 Å². The van der Waals surface area contributed by atoms with Gasteiger partial charge < -0.3 is 14.6 Å². The predicted molar refractivity (Wildman–Crippen MR) is 96.1 cm³/mol. The van der Waals surface area contributed by atoms with Crippen molar-refractivity contribution in [3.05, 3.63) is 65.9 Å². The summed E-state index contributed by atoms with van der Waals surface area (Å²) in [5.41, 5.74) is 1.49. The second kappa shape index (κ2) is 6.36. The van der Waals surface area contributed by atoms with E-state index in [2.05, 4.69) is 14.9 Å². The van der Waals surface area contributed by atoms with Crippen LogP contribution in [0.15, 0.2) is 68.4 Å². The Morgan fingerprint density at radius 3 is 2.74 bits per heavy atom. The third-order valence-electron chi connectivity index (χ3n) is 3.96. The number of amidine groups is 1. The molecule has 0 unspecified atom stereocenters. The molecule has 1 aliphatic rings. The summed E-state index contributed by atoms with van der Waals surface area (Å²) in [6.45, 7) is 0. The number of carbonyl (C=O) groups excluding carboxylic acids is 1. The number of amides is 1. The molecular weight excluding hydrogens is 370 g/mol. The van der Waals surface area contributed by atoms with E-state index in [0.29, 0.717) is 22.6 Å². The molecule has 1 aromatic heterocycles. The minimum absolute atomic E-state index is 0.0464. The number of ether oxygens (including phenoxy) is 1. The number of hydrogen-bond donors (Lipinski definition) is 1. The molecule has 0 spiro atoms. The zero-order chi connectivity index (χ0) is 19.0. The number of methoxy groups -OCH3 is 1. The minimum atomic E-state index is -3.81. The van der Waals surface area contributed by atoms with Crippen molar-refractivity contribution in [1.82, 2.24) is 10.5 Å². The predicted octanol–water partition coefficient (Wildman–Crippen LogP) is 2.23. The molecule has 0 saturated heterocycles. The highest BCUT2D eigenvalue weighted by molar-refractivity contribution is 7.90. The number of hydrogen-bond acceptors (Lipinski definition) is 6. The highest BCUT2D eigenvalue weighted by Crippen LogP contribution is 2.26. The van der Waals surface area contributed by atoms with E-state index in [4.69, 9.17) is 9.26 Å². The number of benzene rings is 2. The topological polar surface area (TPSA) is 111 Å². The van der Waals surface area contributed by atoms with Gasteiger partial charge in [-0.1, -0.05) is 29.4 Å². The number of rotatable bonds is 3. The monoisotopic (exact) mass is 383 g/mol. The summed E-state index contributed by atoms with van der Waals surface area (Å²) in [5, 5.41) is 6.35. The van der Waals surface area contributed by atoms with Crippen molar-refractivity contribution in [2.24, 2.45) is 4.40 Å². The van der Waals surface area contributed by atoms with Crippen LogP contribution in [0.2, 0.25) is 0 Å². The van der Waals surface area contributed by atoms with E-state index in [-0.39, 0.29) is 16.5 Å². The quantitative estimate of drug-likeness (QED) is 0.742. The summed E-state index contributed by atoms with van der Waals surface area (Å²) in [6, 6.07) is 14.8. The highest BCUT2D eigenvalue weighted by atomic mass is 32.2. The molecule has 0 bridgehead atoms. The van der Waals surface area contributed by atoms with E-state index in [1.807, 2.05) is 0 Å². The molecule has 4 rings (SSSR count). The molecule has 0 atom stereocenters. The first kappa shape index (κ1) is 17.0. The Kier molecular flexibility index (Phi) is 4.00. The molecule has 3 aromatic rings. The average molecular weight is 383 g/mol. The zero-order valence-corrected chi connectivity index (χ0v) is 14.9. The molecule has 0 saturated carbocycles. The molecule has 0 fully saturated rings. The van der Waals surface area contributed by atoms with Crippen LogP contribution in [-0.2, 0) is 10.0 Å². The van der Waals surface area contributed by atoms with Gasteiger partial charge in [-0.05, 0) is 24.3 Å².